The van der Waals surface area contributed by atoms with Crippen molar-refractivity contribution in [1.29, 1.82) is 0 Å². The second kappa shape index (κ2) is 11.5. The first kappa shape index (κ1) is 28.0. The largest absolute Gasteiger partial charge is 0.463 e. The third-order valence-electron chi connectivity index (χ3n) is 8.29. The zero-order valence-corrected chi connectivity index (χ0v) is 22.9. The Morgan fingerprint density at radius 1 is 1.10 bits per heavy atom. The van der Waals surface area contributed by atoms with Crippen molar-refractivity contribution in [1.82, 2.24) is 15.1 Å². The molecular weight excluding hydrogens is 514 g/mol. The molecule has 10 heteroatoms. The van der Waals surface area contributed by atoms with Crippen LogP contribution in [0.1, 0.15) is 44.7 Å². The average molecular weight is 552 g/mol. The highest BCUT2D eigenvalue weighted by atomic mass is 16.5. The normalized spacial score (nSPS) is 33.4. The number of aliphatic hydroxyl groups is 1. The topological polar surface area (TPSA) is 125 Å². The number of nitrogens with zero attached hydrogens (tertiary/aromatic N) is 2. The number of hydrogen-bond donors (Lipinski definition) is 2. The van der Waals surface area contributed by atoms with Crippen LogP contribution >= 0.6 is 0 Å². The number of ether oxygens (including phenoxy) is 2. The predicted octanol–water partition coefficient (Wildman–Crippen LogP) is 1.51. The molecule has 4 aliphatic heterocycles. The molecule has 1 aromatic carbocycles. The molecule has 0 unspecified atom stereocenters. The molecule has 1 spiro atoms. The maximum atomic E-state index is 14.2. The highest BCUT2D eigenvalue weighted by molar-refractivity contribution is 6.00. The minimum atomic E-state index is -1.28. The van der Waals surface area contributed by atoms with Gasteiger partial charge in [0.15, 0.2) is 0 Å². The number of allylic oxidation sites excluding steroid dienone is 1. The number of nitrogens with one attached hydrogen (secondary N) is 1. The number of hydrogen-bond acceptors (Lipinski definition) is 7. The SMILES string of the molecule is CC(C)N1C/C=C\CCC(=O)OC[C@@H](c2ccccc2)NC(=O)[C@@H]2[C@@H]3C=C[C@]4(O3)[C@H](C1=O)N(CCCO)C(=O)[C@@H]24. The third kappa shape index (κ3) is 4.94. The monoisotopic (exact) mass is 551 g/mol. The van der Waals surface area contributed by atoms with Crippen molar-refractivity contribution in [2.24, 2.45) is 11.8 Å². The van der Waals surface area contributed by atoms with E-state index in [0.717, 1.165) is 5.56 Å². The molecule has 0 aliphatic carbocycles. The second-order valence-corrected chi connectivity index (χ2v) is 11.1. The summed E-state index contributed by atoms with van der Waals surface area (Å²) in [5, 5.41) is 12.6. The number of likely N-dealkylation sites (tertiary alicyclic amines) is 1. The van der Waals surface area contributed by atoms with Gasteiger partial charge in [-0.3, -0.25) is 19.2 Å². The fourth-order valence-electron chi connectivity index (χ4n) is 6.37. The van der Waals surface area contributed by atoms with E-state index in [-0.39, 0.29) is 56.5 Å². The molecule has 4 aliphatic rings. The average Bonchev–Trinajstić information content (AvgIpc) is 3.58. The molecule has 2 saturated heterocycles. The van der Waals surface area contributed by atoms with E-state index in [9.17, 15) is 24.3 Å². The van der Waals surface area contributed by atoms with Gasteiger partial charge in [0, 0.05) is 32.2 Å². The lowest BCUT2D eigenvalue weighted by Gasteiger charge is -2.37. The highest BCUT2D eigenvalue weighted by Gasteiger charge is 2.73. The molecule has 40 heavy (non-hydrogen) atoms. The van der Waals surface area contributed by atoms with Crippen LogP contribution in [0.2, 0.25) is 0 Å². The van der Waals surface area contributed by atoms with Crippen LogP contribution in [-0.2, 0) is 28.7 Å². The Balaban J connectivity index is 1.55. The summed E-state index contributed by atoms with van der Waals surface area (Å²) in [4.78, 5) is 57.7. The van der Waals surface area contributed by atoms with Crippen molar-refractivity contribution in [3.63, 3.8) is 0 Å². The van der Waals surface area contributed by atoms with Gasteiger partial charge in [0.25, 0.3) is 0 Å². The van der Waals surface area contributed by atoms with Crippen LogP contribution in [-0.4, -0.2) is 88.7 Å². The molecule has 5 rings (SSSR count). The Labute approximate surface area is 234 Å². The molecule has 3 amide bonds. The van der Waals surface area contributed by atoms with Gasteiger partial charge in [-0.25, -0.2) is 0 Å². The lowest BCUT2D eigenvalue weighted by atomic mass is 9.74. The number of benzene rings is 1. The molecule has 0 radical (unpaired) electrons. The van der Waals surface area contributed by atoms with Crippen molar-refractivity contribution in [3.8, 4) is 0 Å². The molecule has 0 aromatic heterocycles. The first-order valence-electron chi connectivity index (χ1n) is 14.0. The van der Waals surface area contributed by atoms with Gasteiger partial charge >= 0.3 is 5.97 Å². The molecule has 2 fully saturated rings. The summed E-state index contributed by atoms with van der Waals surface area (Å²) in [7, 11) is 0. The van der Waals surface area contributed by atoms with Crippen LogP contribution < -0.4 is 5.32 Å². The van der Waals surface area contributed by atoms with E-state index >= 15 is 0 Å². The van der Waals surface area contributed by atoms with Crippen molar-refractivity contribution in [3.05, 3.63) is 60.2 Å². The fourth-order valence-corrected chi connectivity index (χ4v) is 6.37. The second-order valence-electron chi connectivity index (χ2n) is 11.1. The maximum Gasteiger partial charge on any atom is 0.306 e. The maximum absolute atomic E-state index is 14.2. The Hall–Kier alpha value is -3.50. The fraction of sp³-hybridized carbons (Fsp3) is 0.533. The van der Waals surface area contributed by atoms with Gasteiger partial charge in [-0.1, -0.05) is 54.6 Å². The van der Waals surface area contributed by atoms with Crippen LogP contribution in [0.15, 0.2) is 54.6 Å². The summed E-state index contributed by atoms with van der Waals surface area (Å²) < 4.78 is 12.0. The molecule has 5 bridgehead atoms. The summed E-state index contributed by atoms with van der Waals surface area (Å²) in [5.74, 6) is -3.15. The molecule has 6 atom stereocenters. The number of amides is 3. The highest BCUT2D eigenvalue weighted by Crippen LogP contribution is 2.55. The van der Waals surface area contributed by atoms with Gasteiger partial charge in [0.1, 0.15) is 18.2 Å². The number of esters is 1. The molecular formula is C30H37N3O7. The first-order valence-corrected chi connectivity index (χ1v) is 14.0. The number of carbonyl (C=O) groups excluding carboxylic acids is 4. The summed E-state index contributed by atoms with van der Waals surface area (Å²) in [5.41, 5.74) is -0.519. The molecule has 10 nitrogen and oxygen atoms in total. The standard InChI is InChI=1S/C30H37N3O7/c1-19(2)32-15-8-4-7-12-23(35)39-18-21(20-10-5-3-6-11-20)31-27(36)24-22-13-14-30(40-22)25(24)28(37)33(16-9-17-34)26(30)29(32)38/h3-6,8,10-11,13-14,19,21-22,24-26,34H,7,9,12,15-18H2,1-2H3,(H,31,36)/b8-4-/t21-,22-,24+,25+,26-,30+/m0/s1. The van der Waals surface area contributed by atoms with Crippen molar-refractivity contribution < 1.29 is 33.8 Å². The first-order chi connectivity index (χ1) is 19.3. The van der Waals surface area contributed by atoms with Crippen molar-refractivity contribution >= 4 is 23.7 Å². The van der Waals surface area contributed by atoms with E-state index in [1.54, 1.807) is 17.1 Å². The number of carbonyl (C=O) groups is 4. The molecule has 4 heterocycles. The zero-order chi connectivity index (χ0) is 28.4. The van der Waals surface area contributed by atoms with E-state index in [1.165, 1.54) is 4.90 Å². The number of aliphatic hydroxyl groups excluding tert-OH is 1. The van der Waals surface area contributed by atoms with Crippen molar-refractivity contribution in [2.45, 2.75) is 62.9 Å². The van der Waals surface area contributed by atoms with Crippen LogP contribution in [0.5, 0.6) is 0 Å². The van der Waals surface area contributed by atoms with E-state index in [2.05, 4.69) is 5.32 Å². The molecule has 0 saturated carbocycles. The number of fused-ring (bicyclic) bond motifs is 2. The minimum Gasteiger partial charge on any atom is -0.463 e. The van der Waals surface area contributed by atoms with Gasteiger partial charge in [-0.2, -0.15) is 0 Å². The Kier molecular flexibility index (Phi) is 8.09. The van der Waals surface area contributed by atoms with Crippen LogP contribution in [0, 0.1) is 11.8 Å². The quantitative estimate of drug-likeness (QED) is 0.420. The Bertz CT molecular complexity index is 1200. The van der Waals surface area contributed by atoms with Gasteiger partial charge < -0.3 is 29.7 Å². The lowest BCUT2D eigenvalue weighted by molar-refractivity contribution is -0.148. The summed E-state index contributed by atoms with van der Waals surface area (Å²) in [6.45, 7) is 4.07. The smallest absolute Gasteiger partial charge is 0.306 e. The number of cyclic esters (lactones) is 1. The minimum absolute atomic E-state index is 0.0546. The summed E-state index contributed by atoms with van der Waals surface area (Å²) >= 11 is 0. The van der Waals surface area contributed by atoms with Gasteiger partial charge in [-0.05, 0) is 32.3 Å². The summed E-state index contributed by atoms with van der Waals surface area (Å²) in [6, 6.07) is 7.45. The van der Waals surface area contributed by atoms with Gasteiger partial charge in [0.2, 0.25) is 17.7 Å². The van der Waals surface area contributed by atoms with Crippen LogP contribution in [0.4, 0.5) is 0 Å². The van der Waals surface area contributed by atoms with Crippen LogP contribution in [0.3, 0.4) is 0 Å². The molecule has 1 aromatic rings. The van der Waals surface area contributed by atoms with E-state index in [0.29, 0.717) is 12.8 Å². The Morgan fingerprint density at radius 2 is 1.88 bits per heavy atom. The van der Waals surface area contributed by atoms with Gasteiger partial charge in [-0.15, -0.1) is 0 Å². The lowest BCUT2D eigenvalue weighted by Crippen LogP contribution is -2.57. The summed E-state index contributed by atoms with van der Waals surface area (Å²) in [6.07, 6.45) is 7.47. The third-order valence-corrected chi connectivity index (χ3v) is 8.29. The van der Waals surface area contributed by atoms with E-state index < -0.39 is 41.5 Å². The molecule has 2 N–H and O–H groups in total. The van der Waals surface area contributed by atoms with E-state index in [4.69, 9.17) is 9.47 Å². The zero-order valence-electron chi connectivity index (χ0n) is 22.9. The molecule has 214 valence electrons. The predicted molar refractivity (Wildman–Crippen MR) is 144 cm³/mol. The van der Waals surface area contributed by atoms with E-state index in [1.807, 2.05) is 56.3 Å². The van der Waals surface area contributed by atoms with Crippen molar-refractivity contribution in [2.75, 3.05) is 26.3 Å². The number of rotatable bonds is 5. The Morgan fingerprint density at radius 3 is 2.60 bits per heavy atom. The van der Waals surface area contributed by atoms with Gasteiger partial charge in [0.05, 0.1) is 24.0 Å². The van der Waals surface area contributed by atoms with Crippen LogP contribution in [0.25, 0.3) is 0 Å².